The van der Waals surface area contributed by atoms with E-state index in [4.69, 9.17) is 0 Å². The summed E-state index contributed by atoms with van der Waals surface area (Å²) in [4.78, 5) is 14.4. The predicted molar refractivity (Wildman–Crippen MR) is 85.1 cm³/mol. The Morgan fingerprint density at radius 2 is 2.35 bits per heavy atom. The van der Waals surface area contributed by atoms with E-state index in [1.165, 1.54) is 24.8 Å². The van der Waals surface area contributed by atoms with Crippen molar-refractivity contribution in [3.05, 3.63) is 44.8 Å². The normalized spacial score (nSPS) is 15.1. The van der Waals surface area contributed by atoms with Crippen molar-refractivity contribution in [2.45, 2.75) is 31.8 Å². The van der Waals surface area contributed by atoms with Gasteiger partial charge in [0, 0.05) is 25.8 Å². The molecule has 0 N–H and O–H groups in total. The van der Waals surface area contributed by atoms with Crippen molar-refractivity contribution in [3.63, 3.8) is 0 Å². The Morgan fingerprint density at radius 1 is 1.55 bits per heavy atom. The molecule has 1 aliphatic carbocycles. The fourth-order valence-corrected chi connectivity index (χ4v) is 3.73. The van der Waals surface area contributed by atoms with Gasteiger partial charge in [-0.1, -0.05) is 0 Å². The van der Waals surface area contributed by atoms with Crippen LogP contribution in [0.5, 0.6) is 0 Å². The van der Waals surface area contributed by atoms with E-state index < -0.39 is 0 Å². The van der Waals surface area contributed by atoms with E-state index >= 15 is 0 Å². The number of carbonyl (C=O) groups is 1. The first kappa shape index (κ1) is 13.9. The van der Waals surface area contributed by atoms with E-state index in [1.807, 2.05) is 25.4 Å². The van der Waals surface area contributed by atoms with Crippen LogP contribution in [0.25, 0.3) is 0 Å². The summed E-state index contributed by atoms with van der Waals surface area (Å²) in [6.07, 6.45) is 5.69. The molecule has 0 aromatic carbocycles. The monoisotopic (exact) mass is 352 g/mol. The minimum atomic E-state index is 0.101. The van der Waals surface area contributed by atoms with Crippen molar-refractivity contribution in [2.75, 3.05) is 7.05 Å². The highest BCUT2D eigenvalue weighted by molar-refractivity contribution is 9.11. The van der Waals surface area contributed by atoms with Gasteiger partial charge in [-0.25, -0.2) is 0 Å². The Hall–Kier alpha value is -1.07. The molecule has 106 valence electrons. The molecule has 1 fully saturated rings. The van der Waals surface area contributed by atoms with Crippen LogP contribution < -0.4 is 0 Å². The van der Waals surface area contributed by atoms with E-state index in [9.17, 15) is 4.79 Å². The number of nitrogens with zero attached hydrogens (tertiary/aromatic N) is 2. The smallest absolute Gasteiger partial charge is 0.270 e. The predicted octanol–water partition coefficient (Wildman–Crippen LogP) is 4.31. The summed E-state index contributed by atoms with van der Waals surface area (Å²) in [5.74, 6) is 0.101. The van der Waals surface area contributed by atoms with Gasteiger partial charge in [0.05, 0.1) is 3.79 Å². The van der Waals surface area contributed by atoms with Crippen LogP contribution >= 0.6 is 27.3 Å². The van der Waals surface area contributed by atoms with Crippen LogP contribution in [0.2, 0.25) is 0 Å². The molecule has 20 heavy (non-hydrogen) atoms. The second-order valence-electron chi connectivity index (χ2n) is 5.31. The maximum atomic E-state index is 12.6. The molecule has 5 heteroatoms. The van der Waals surface area contributed by atoms with Crippen LogP contribution in [0.15, 0.2) is 33.6 Å². The molecule has 0 saturated heterocycles. The number of hydrogen-bond donors (Lipinski definition) is 0. The molecule has 3 nitrogen and oxygen atoms in total. The third kappa shape index (κ3) is 2.69. The van der Waals surface area contributed by atoms with Crippen molar-refractivity contribution < 1.29 is 4.79 Å². The molecule has 2 aromatic rings. The second kappa shape index (κ2) is 5.74. The van der Waals surface area contributed by atoms with E-state index in [0.29, 0.717) is 12.6 Å². The van der Waals surface area contributed by atoms with Gasteiger partial charge in [0.1, 0.15) is 5.69 Å². The summed E-state index contributed by atoms with van der Waals surface area (Å²) in [6, 6.07) is 6.49. The maximum Gasteiger partial charge on any atom is 0.270 e. The Balaban J connectivity index is 1.73. The molecule has 0 radical (unpaired) electrons. The van der Waals surface area contributed by atoms with Crippen molar-refractivity contribution >= 4 is 33.2 Å². The minimum Gasteiger partial charge on any atom is -0.340 e. The highest BCUT2D eigenvalue weighted by atomic mass is 79.9. The SMILES string of the molecule is CN(Cc1csc(Br)c1)C(=O)c1cccn1C1CCC1. The molecular formula is C15H17BrN2OS. The molecule has 1 aliphatic rings. The minimum absolute atomic E-state index is 0.101. The van der Waals surface area contributed by atoms with Crippen molar-refractivity contribution in [1.29, 1.82) is 0 Å². The van der Waals surface area contributed by atoms with Crippen LogP contribution in [-0.2, 0) is 6.54 Å². The fraction of sp³-hybridized carbons (Fsp3) is 0.400. The number of carbonyl (C=O) groups excluding carboxylic acids is 1. The number of hydrogen-bond acceptors (Lipinski definition) is 2. The van der Waals surface area contributed by atoms with Crippen LogP contribution in [-0.4, -0.2) is 22.4 Å². The molecule has 1 amide bonds. The van der Waals surface area contributed by atoms with E-state index in [0.717, 1.165) is 9.48 Å². The molecule has 0 unspecified atom stereocenters. The summed E-state index contributed by atoms with van der Waals surface area (Å²) in [6.45, 7) is 0.650. The first-order valence-corrected chi connectivity index (χ1v) is 8.47. The van der Waals surface area contributed by atoms with Crippen LogP contribution in [0.4, 0.5) is 0 Å². The summed E-state index contributed by atoms with van der Waals surface area (Å²) < 4.78 is 3.25. The average molecular weight is 353 g/mol. The lowest BCUT2D eigenvalue weighted by molar-refractivity contribution is 0.0768. The van der Waals surface area contributed by atoms with Crippen LogP contribution in [0.3, 0.4) is 0 Å². The molecule has 2 aromatic heterocycles. The number of halogens is 1. The van der Waals surface area contributed by atoms with E-state index in [2.05, 4.69) is 31.9 Å². The Bertz CT molecular complexity index is 615. The van der Waals surface area contributed by atoms with Crippen LogP contribution in [0, 0.1) is 0 Å². The summed E-state index contributed by atoms with van der Waals surface area (Å²) in [5.41, 5.74) is 1.98. The van der Waals surface area contributed by atoms with Crippen molar-refractivity contribution in [1.82, 2.24) is 9.47 Å². The third-order valence-electron chi connectivity index (χ3n) is 3.85. The number of thiophene rings is 1. The average Bonchev–Trinajstić information content (AvgIpc) is 2.96. The molecule has 1 saturated carbocycles. The fourth-order valence-electron chi connectivity index (χ4n) is 2.53. The Morgan fingerprint density at radius 3 is 2.95 bits per heavy atom. The summed E-state index contributed by atoms with van der Waals surface area (Å²) >= 11 is 5.11. The highest BCUT2D eigenvalue weighted by Crippen LogP contribution is 2.33. The summed E-state index contributed by atoms with van der Waals surface area (Å²) in [7, 11) is 1.87. The van der Waals surface area contributed by atoms with Gasteiger partial charge in [0.2, 0.25) is 0 Å². The molecule has 0 bridgehead atoms. The standard InChI is InChI=1S/C15H17BrN2OS/c1-17(9-11-8-14(16)20-10-11)15(19)13-6-3-7-18(13)12-4-2-5-12/h3,6-8,10,12H,2,4-5,9H2,1H3. The molecule has 3 rings (SSSR count). The van der Waals surface area contributed by atoms with Crippen LogP contribution in [0.1, 0.15) is 41.4 Å². The van der Waals surface area contributed by atoms with Crippen molar-refractivity contribution in [3.8, 4) is 0 Å². The van der Waals surface area contributed by atoms with Crippen molar-refractivity contribution in [2.24, 2.45) is 0 Å². The molecule has 0 aliphatic heterocycles. The molecule has 0 atom stereocenters. The Kier molecular flexibility index (Phi) is 3.98. The number of amides is 1. The number of rotatable bonds is 4. The zero-order chi connectivity index (χ0) is 14.1. The molecular weight excluding hydrogens is 336 g/mol. The third-order valence-corrected chi connectivity index (χ3v) is 5.41. The van der Waals surface area contributed by atoms with Gasteiger partial charge in [-0.3, -0.25) is 4.79 Å². The first-order chi connectivity index (χ1) is 9.65. The molecule has 0 spiro atoms. The van der Waals surface area contributed by atoms with Gasteiger partial charge in [-0.2, -0.15) is 0 Å². The second-order valence-corrected chi connectivity index (χ2v) is 7.60. The quantitative estimate of drug-likeness (QED) is 0.804. The lowest BCUT2D eigenvalue weighted by Crippen LogP contribution is -2.30. The van der Waals surface area contributed by atoms with Gasteiger partial charge in [-0.05, 0) is 64.3 Å². The van der Waals surface area contributed by atoms with Gasteiger partial charge in [-0.15, -0.1) is 11.3 Å². The first-order valence-electron chi connectivity index (χ1n) is 6.80. The zero-order valence-corrected chi connectivity index (χ0v) is 13.8. The van der Waals surface area contributed by atoms with Gasteiger partial charge in [0.25, 0.3) is 5.91 Å². The van der Waals surface area contributed by atoms with Gasteiger partial charge >= 0.3 is 0 Å². The lowest BCUT2D eigenvalue weighted by atomic mass is 9.93. The number of aromatic nitrogens is 1. The Labute approximate surface area is 131 Å². The van der Waals surface area contributed by atoms with E-state index in [1.54, 1.807) is 16.2 Å². The lowest BCUT2D eigenvalue weighted by Gasteiger charge is -2.29. The highest BCUT2D eigenvalue weighted by Gasteiger charge is 2.24. The van der Waals surface area contributed by atoms with E-state index in [-0.39, 0.29) is 5.91 Å². The maximum absolute atomic E-state index is 12.6. The molecule has 2 heterocycles. The largest absolute Gasteiger partial charge is 0.340 e. The topological polar surface area (TPSA) is 25.2 Å². The zero-order valence-electron chi connectivity index (χ0n) is 11.4. The van der Waals surface area contributed by atoms with Gasteiger partial charge < -0.3 is 9.47 Å². The summed E-state index contributed by atoms with van der Waals surface area (Å²) in [5, 5.41) is 2.08. The van der Waals surface area contributed by atoms with Gasteiger partial charge in [0.15, 0.2) is 0 Å².